The lowest BCUT2D eigenvalue weighted by atomic mass is 10.2. The van der Waals surface area contributed by atoms with Crippen LogP contribution in [0.4, 0.5) is 11.4 Å². The number of amides is 1. The fraction of sp³-hybridized carbons (Fsp3) is 0.176. The van der Waals surface area contributed by atoms with Crippen LogP contribution < -0.4 is 14.8 Å². The monoisotopic (exact) mass is 344 g/mol. The molecule has 0 bridgehead atoms. The van der Waals surface area contributed by atoms with Crippen LogP contribution >= 0.6 is 0 Å². The van der Waals surface area contributed by atoms with Crippen molar-refractivity contribution in [2.24, 2.45) is 0 Å². The molecule has 2 rings (SSSR count). The normalized spacial score (nSPS) is 11.3. The van der Waals surface area contributed by atoms with Gasteiger partial charge in [0.1, 0.15) is 12.0 Å². The van der Waals surface area contributed by atoms with Gasteiger partial charge in [-0.15, -0.1) is 0 Å². The molecule has 8 heteroatoms. The summed E-state index contributed by atoms with van der Waals surface area (Å²) in [6.45, 7) is 1.47. The van der Waals surface area contributed by atoms with E-state index in [1.165, 1.54) is 26.2 Å². The van der Waals surface area contributed by atoms with Crippen LogP contribution in [0.25, 0.3) is 0 Å². The molecule has 2 aromatic rings. The third kappa shape index (κ3) is 4.54. The Labute approximate surface area is 143 Å². The number of nitro benzene ring substituents is 1. The first-order valence-corrected chi connectivity index (χ1v) is 7.29. The van der Waals surface area contributed by atoms with Gasteiger partial charge in [-0.1, -0.05) is 0 Å². The second-order valence-electron chi connectivity index (χ2n) is 5.08. The van der Waals surface area contributed by atoms with Crippen LogP contribution in [-0.4, -0.2) is 30.3 Å². The van der Waals surface area contributed by atoms with E-state index in [2.05, 4.69) is 5.32 Å². The van der Waals surface area contributed by atoms with Crippen molar-refractivity contribution in [3.8, 4) is 11.5 Å². The standard InChI is InChI=1S/C17H16N2O6/c1-11(17(21)18-13-4-6-14(24-2)7-5-13)25-16-8-3-12(10-20)9-15(16)19(22)23/h3-11H,1-2H3,(H,18,21)/t11-/m0/s1. The third-order valence-corrected chi connectivity index (χ3v) is 3.35. The first-order chi connectivity index (χ1) is 11.9. The summed E-state index contributed by atoms with van der Waals surface area (Å²) < 4.78 is 10.4. The van der Waals surface area contributed by atoms with Crippen molar-refractivity contribution in [3.05, 3.63) is 58.1 Å². The van der Waals surface area contributed by atoms with Gasteiger partial charge in [0.15, 0.2) is 11.9 Å². The van der Waals surface area contributed by atoms with Crippen molar-refractivity contribution in [2.75, 3.05) is 12.4 Å². The second kappa shape index (κ2) is 7.91. The molecule has 130 valence electrons. The van der Waals surface area contributed by atoms with E-state index in [4.69, 9.17) is 9.47 Å². The van der Waals surface area contributed by atoms with Gasteiger partial charge in [-0.3, -0.25) is 19.7 Å². The number of anilines is 1. The van der Waals surface area contributed by atoms with Gasteiger partial charge >= 0.3 is 5.69 Å². The molecule has 1 amide bonds. The molecule has 0 aliphatic carbocycles. The number of nitrogens with zero attached hydrogens (tertiary/aromatic N) is 1. The molecule has 0 aromatic heterocycles. The van der Waals surface area contributed by atoms with Gasteiger partial charge in [-0.25, -0.2) is 0 Å². The van der Waals surface area contributed by atoms with Gasteiger partial charge in [0.05, 0.1) is 12.0 Å². The van der Waals surface area contributed by atoms with Crippen LogP contribution in [0.1, 0.15) is 17.3 Å². The Hall–Kier alpha value is -3.42. The van der Waals surface area contributed by atoms with E-state index >= 15 is 0 Å². The summed E-state index contributed by atoms with van der Waals surface area (Å²) in [5.41, 5.74) is 0.301. The Morgan fingerprint density at radius 1 is 1.24 bits per heavy atom. The molecule has 0 heterocycles. The molecule has 8 nitrogen and oxygen atoms in total. The van der Waals surface area contributed by atoms with Gasteiger partial charge < -0.3 is 14.8 Å². The molecule has 1 N–H and O–H groups in total. The van der Waals surface area contributed by atoms with Gasteiger partial charge in [-0.05, 0) is 43.3 Å². The van der Waals surface area contributed by atoms with E-state index < -0.39 is 16.9 Å². The Kier molecular flexibility index (Phi) is 5.67. The van der Waals surface area contributed by atoms with Gasteiger partial charge in [0.2, 0.25) is 0 Å². The molecule has 0 saturated carbocycles. The van der Waals surface area contributed by atoms with Crippen molar-refractivity contribution >= 4 is 23.6 Å². The first kappa shape index (κ1) is 17.9. The Bertz CT molecular complexity index is 788. The quantitative estimate of drug-likeness (QED) is 0.470. The van der Waals surface area contributed by atoms with Crippen LogP contribution in [-0.2, 0) is 4.79 Å². The molecule has 0 aliphatic heterocycles. The molecule has 25 heavy (non-hydrogen) atoms. The average Bonchev–Trinajstić information content (AvgIpc) is 2.62. The van der Waals surface area contributed by atoms with E-state index in [1.807, 2.05) is 0 Å². The smallest absolute Gasteiger partial charge is 0.311 e. The number of carbonyl (C=O) groups is 2. The Morgan fingerprint density at radius 2 is 1.92 bits per heavy atom. The fourth-order valence-electron chi connectivity index (χ4n) is 2.01. The molecule has 0 fully saturated rings. The predicted octanol–water partition coefficient (Wildman–Crippen LogP) is 2.82. The van der Waals surface area contributed by atoms with Gasteiger partial charge in [0, 0.05) is 17.3 Å². The molecular formula is C17H16N2O6. The lowest BCUT2D eigenvalue weighted by molar-refractivity contribution is -0.386. The number of hydrogen-bond donors (Lipinski definition) is 1. The number of hydrogen-bond acceptors (Lipinski definition) is 6. The summed E-state index contributed by atoms with van der Waals surface area (Å²) in [5.74, 6) is 0.0834. The Morgan fingerprint density at radius 3 is 2.48 bits per heavy atom. The van der Waals surface area contributed by atoms with Crippen LogP contribution in [0.2, 0.25) is 0 Å². The highest BCUT2D eigenvalue weighted by molar-refractivity contribution is 5.94. The van der Waals surface area contributed by atoms with E-state index in [0.717, 1.165) is 6.07 Å². The lowest BCUT2D eigenvalue weighted by Gasteiger charge is -2.15. The van der Waals surface area contributed by atoms with E-state index in [0.29, 0.717) is 17.7 Å². The van der Waals surface area contributed by atoms with Crippen LogP contribution in [0, 0.1) is 10.1 Å². The molecule has 0 aliphatic rings. The summed E-state index contributed by atoms with van der Waals surface area (Å²) in [4.78, 5) is 33.3. The van der Waals surface area contributed by atoms with Crippen LogP contribution in [0.15, 0.2) is 42.5 Å². The largest absolute Gasteiger partial charge is 0.497 e. The molecule has 0 saturated heterocycles. The van der Waals surface area contributed by atoms with E-state index in [-0.39, 0.29) is 17.0 Å². The van der Waals surface area contributed by atoms with E-state index in [9.17, 15) is 19.7 Å². The van der Waals surface area contributed by atoms with Crippen molar-refractivity contribution in [2.45, 2.75) is 13.0 Å². The minimum Gasteiger partial charge on any atom is -0.497 e. The minimum atomic E-state index is -0.983. The van der Waals surface area contributed by atoms with E-state index in [1.54, 1.807) is 24.3 Å². The summed E-state index contributed by atoms with van der Waals surface area (Å²) in [6, 6.07) is 10.4. The maximum atomic E-state index is 12.2. The van der Waals surface area contributed by atoms with Crippen molar-refractivity contribution in [3.63, 3.8) is 0 Å². The van der Waals surface area contributed by atoms with Crippen molar-refractivity contribution in [1.29, 1.82) is 0 Å². The minimum absolute atomic E-state index is 0.0898. The highest BCUT2D eigenvalue weighted by Crippen LogP contribution is 2.28. The second-order valence-corrected chi connectivity index (χ2v) is 5.08. The zero-order chi connectivity index (χ0) is 18.4. The SMILES string of the molecule is COc1ccc(NC(=O)[C@H](C)Oc2ccc(C=O)cc2[N+](=O)[O-])cc1. The molecular weight excluding hydrogens is 328 g/mol. The molecule has 0 unspecified atom stereocenters. The van der Waals surface area contributed by atoms with Gasteiger partial charge in [-0.2, -0.15) is 0 Å². The van der Waals surface area contributed by atoms with Crippen molar-refractivity contribution < 1.29 is 24.0 Å². The van der Waals surface area contributed by atoms with Gasteiger partial charge in [0.25, 0.3) is 5.91 Å². The fourth-order valence-corrected chi connectivity index (χ4v) is 2.01. The number of nitro groups is 1. The zero-order valence-electron chi connectivity index (χ0n) is 13.6. The first-order valence-electron chi connectivity index (χ1n) is 7.29. The third-order valence-electron chi connectivity index (χ3n) is 3.35. The summed E-state index contributed by atoms with van der Waals surface area (Å²) >= 11 is 0. The predicted molar refractivity (Wildman–Crippen MR) is 90.2 cm³/mol. The highest BCUT2D eigenvalue weighted by atomic mass is 16.6. The number of nitrogens with one attached hydrogen (secondary N) is 1. The average molecular weight is 344 g/mol. The maximum Gasteiger partial charge on any atom is 0.311 e. The molecule has 0 radical (unpaired) electrons. The summed E-state index contributed by atoms with van der Waals surface area (Å²) in [7, 11) is 1.53. The summed E-state index contributed by atoms with van der Waals surface area (Å²) in [6.07, 6.45) is -0.487. The van der Waals surface area contributed by atoms with Crippen LogP contribution in [0.5, 0.6) is 11.5 Å². The molecule has 1 atom stereocenters. The summed E-state index contributed by atoms with van der Waals surface area (Å²) in [5, 5.41) is 13.7. The molecule has 2 aromatic carbocycles. The highest BCUT2D eigenvalue weighted by Gasteiger charge is 2.21. The number of ether oxygens (including phenoxy) is 2. The Balaban J connectivity index is 2.10. The number of benzene rings is 2. The number of rotatable bonds is 7. The lowest BCUT2D eigenvalue weighted by Crippen LogP contribution is -2.30. The number of methoxy groups -OCH3 is 1. The maximum absolute atomic E-state index is 12.2. The topological polar surface area (TPSA) is 108 Å². The molecule has 0 spiro atoms. The number of carbonyl (C=O) groups excluding carboxylic acids is 2. The zero-order valence-corrected chi connectivity index (χ0v) is 13.6. The number of aldehydes is 1. The van der Waals surface area contributed by atoms with Crippen LogP contribution in [0.3, 0.4) is 0 Å². The van der Waals surface area contributed by atoms with Crippen molar-refractivity contribution in [1.82, 2.24) is 0 Å².